The van der Waals surface area contributed by atoms with E-state index in [2.05, 4.69) is 4.72 Å². The zero-order valence-electron chi connectivity index (χ0n) is 11.5. The van der Waals surface area contributed by atoms with Crippen LogP contribution in [0.2, 0.25) is 5.02 Å². The van der Waals surface area contributed by atoms with Gasteiger partial charge >= 0.3 is 0 Å². The van der Waals surface area contributed by atoms with E-state index in [0.29, 0.717) is 16.5 Å². The molecular formula is C14H13ClN2O4S. The van der Waals surface area contributed by atoms with Gasteiger partial charge in [-0.3, -0.25) is 9.52 Å². The molecule has 3 N–H and O–H groups in total. The first-order chi connectivity index (χ1) is 10.2. The first-order valence-corrected chi connectivity index (χ1v) is 8.36. The highest BCUT2D eigenvalue weighted by Gasteiger charge is 2.13. The normalized spacial score (nSPS) is 11.0. The molecule has 0 saturated carbocycles. The van der Waals surface area contributed by atoms with E-state index in [1.807, 2.05) is 0 Å². The van der Waals surface area contributed by atoms with Gasteiger partial charge in [0.25, 0.3) is 5.91 Å². The molecule has 22 heavy (non-hydrogen) atoms. The largest absolute Gasteiger partial charge is 0.457 e. The van der Waals surface area contributed by atoms with Crippen molar-refractivity contribution in [1.82, 2.24) is 0 Å². The van der Waals surface area contributed by atoms with Crippen molar-refractivity contribution in [2.45, 2.75) is 0 Å². The van der Waals surface area contributed by atoms with Crippen molar-refractivity contribution in [2.75, 3.05) is 11.0 Å². The number of sulfonamides is 1. The average Bonchev–Trinajstić information content (AvgIpc) is 2.41. The van der Waals surface area contributed by atoms with E-state index >= 15 is 0 Å². The monoisotopic (exact) mass is 340 g/mol. The average molecular weight is 341 g/mol. The number of ether oxygens (including phenoxy) is 1. The van der Waals surface area contributed by atoms with Crippen LogP contribution in [-0.4, -0.2) is 20.6 Å². The third kappa shape index (κ3) is 4.37. The molecule has 2 rings (SSSR count). The Hall–Kier alpha value is -2.25. The van der Waals surface area contributed by atoms with E-state index in [-0.39, 0.29) is 11.3 Å². The number of rotatable bonds is 5. The number of hydrogen-bond acceptors (Lipinski definition) is 4. The Morgan fingerprint density at radius 2 is 1.73 bits per heavy atom. The molecule has 0 aliphatic heterocycles. The van der Waals surface area contributed by atoms with Crippen LogP contribution >= 0.6 is 11.6 Å². The third-order valence-corrected chi connectivity index (χ3v) is 3.44. The minimum Gasteiger partial charge on any atom is -0.457 e. The fourth-order valence-corrected chi connectivity index (χ4v) is 2.42. The van der Waals surface area contributed by atoms with Crippen LogP contribution in [0.5, 0.6) is 11.5 Å². The molecule has 0 aromatic heterocycles. The summed E-state index contributed by atoms with van der Waals surface area (Å²) in [7, 11) is -3.52. The minimum atomic E-state index is -3.52. The first kappa shape index (κ1) is 16.1. The van der Waals surface area contributed by atoms with Crippen LogP contribution in [0.3, 0.4) is 0 Å². The van der Waals surface area contributed by atoms with Gasteiger partial charge < -0.3 is 10.5 Å². The maximum absolute atomic E-state index is 11.5. The van der Waals surface area contributed by atoms with Crippen molar-refractivity contribution < 1.29 is 17.9 Å². The van der Waals surface area contributed by atoms with Crippen LogP contribution in [0.1, 0.15) is 10.4 Å². The Bertz CT molecular complexity index is 804. The summed E-state index contributed by atoms with van der Waals surface area (Å²) >= 11 is 5.78. The number of carbonyl (C=O) groups is 1. The van der Waals surface area contributed by atoms with Crippen molar-refractivity contribution in [3.63, 3.8) is 0 Å². The maximum atomic E-state index is 11.5. The zero-order valence-corrected chi connectivity index (χ0v) is 13.1. The molecule has 0 aliphatic carbocycles. The highest BCUT2D eigenvalue weighted by atomic mass is 35.5. The van der Waals surface area contributed by atoms with Crippen LogP contribution in [-0.2, 0) is 10.0 Å². The lowest BCUT2D eigenvalue weighted by molar-refractivity contribution is 0.100. The van der Waals surface area contributed by atoms with Crippen LogP contribution in [0.15, 0.2) is 42.5 Å². The molecule has 0 aliphatic rings. The van der Waals surface area contributed by atoms with E-state index in [0.717, 1.165) is 6.26 Å². The van der Waals surface area contributed by atoms with Crippen LogP contribution in [0.25, 0.3) is 0 Å². The summed E-state index contributed by atoms with van der Waals surface area (Å²) in [5.74, 6) is 0.0894. The maximum Gasteiger partial charge on any atom is 0.250 e. The zero-order chi connectivity index (χ0) is 16.3. The topological polar surface area (TPSA) is 98.5 Å². The number of benzene rings is 2. The number of anilines is 1. The molecule has 0 spiro atoms. The number of carbonyl (C=O) groups excluding carboxylic acids is 1. The first-order valence-electron chi connectivity index (χ1n) is 6.10. The van der Waals surface area contributed by atoms with Gasteiger partial charge in [-0.2, -0.15) is 0 Å². The standard InChI is InChI=1S/C14H13ClN2O4S/c1-22(19,20)17-13-7-6-11(8-12(13)14(16)18)21-10-4-2-9(15)3-5-10/h2-8,17H,1H3,(H2,16,18). The predicted octanol–water partition coefficient (Wildman–Crippen LogP) is 2.60. The number of amides is 1. The molecule has 0 fully saturated rings. The molecule has 1 amide bonds. The quantitative estimate of drug-likeness (QED) is 0.873. The van der Waals surface area contributed by atoms with E-state index < -0.39 is 15.9 Å². The lowest BCUT2D eigenvalue weighted by atomic mass is 10.1. The van der Waals surface area contributed by atoms with Crippen molar-refractivity contribution >= 4 is 33.2 Å². The predicted molar refractivity (Wildman–Crippen MR) is 85.0 cm³/mol. The van der Waals surface area contributed by atoms with E-state index in [1.54, 1.807) is 24.3 Å². The van der Waals surface area contributed by atoms with Gasteiger partial charge in [-0.05, 0) is 42.5 Å². The summed E-state index contributed by atoms with van der Waals surface area (Å²) in [6.07, 6.45) is 0.982. The Morgan fingerprint density at radius 3 is 2.27 bits per heavy atom. The van der Waals surface area contributed by atoms with Crippen molar-refractivity contribution in [1.29, 1.82) is 0 Å². The van der Waals surface area contributed by atoms with Crippen LogP contribution < -0.4 is 15.2 Å². The summed E-state index contributed by atoms with van der Waals surface area (Å²) in [5, 5.41) is 0.567. The second-order valence-electron chi connectivity index (χ2n) is 4.50. The highest BCUT2D eigenvalue weighted by molar-refractivity contribution is 7.92. The Balaban J connectivity index is 2.33. The molecule has 0 unspecified atom stereocenters. The molecule has 116 valence electrons. The Morgan fingerprint density at radius 1 is 1.14 bits per heavy atom. The Kier molecular flexibility index (Phi) is 4.58. The van der Waals surface area contributed by atoms with Gasteiger partial charge in [-0.1, -0.05) is 11.6 Å². The van der Waals surface area contributed by atoms with E-state index in [9.17, 15) is 13.2 Å². The minimum absolute atomic E-state index is 0.0110. The summed E-state index contributed by atoms with van der Waals surface area (Å²) < 4.78 is 30.3. The van der Waals surface area contributed by atoms with Crippen molar-refractivity contribution in [3.8, 4) is 11.5 Å². The second-order valence-corrected chi connectivity index (χ2v) is 6.69. The van der Waals surface area contributed by atoms with Gasteiger partial charge in [-0.25, -0.2) is 8.42 Å². The lowest BCUT2D eigenvalue weighted by Gasteiger charge is -2.11. The summed E-state index contributed by atoms with van der Waals surface area (Å²) in [5.41, 5.74) is 5.38. The van der Waals surface area contributed by atoms with Gasteiger partial charge in [0.05, 0.1) is 17.5 Å². The summed E-state index contributed by atoms with van der Waals surface area (Å²) in [6.45, 7) is 0. The molecule has 0 saturated heterocycles. The van der Waals surface area contributed by atoms with Gasteiger partial charge in [0, 0.05) is 5.02 Å². The SMILES string of the molecule is CS(=O)(=O)Nc1ccc(Oc2ccc(Cl)cc2)cc1C(N)=O. The molecule has 2 aromatic rings. The third-order valence-electron chi connectivity index (χ3n) is 2.60. The fourth-order valence-electron chi connectivity index (χ4n) is 1.72. The second kappa shape index (κ2) is 6.25. The van der Waals surface area contributed by atoms with Crippen molar-refractivity contribution in [2.24, 2.45) is 5.73 Å². The van der Waals surface area contributed by atoms with Crippen LogP contribution in [0, 0.1) is 0 Å². The number of hydrogen-bond donors (Lipinski definition) is 2. The van der Waals surface area contributed by atoms with Crippen LogP contribution in [0.4, 0.5) is 5.69 Å². The number of nitrogens with one attached hydrogen (secondary N) is 1. The fraction of sp³-hybridized carbons (Fsp3) is 0.0714. The number of nitrogens with two attached hydrogens (primary N) is 1. The van der Waals surface area contributed by atoms with E-state index in [1.165, 1.54) is 18.2 Å². The van der Waals surface area contributed by atoms with Gasteiger partial charge in [0.15, 0.2) is 0 Å². The van der Waals surface area contributed by atoms with E-state index in [4.69, 9.17) is 22.1 Å². The highest BCUT2D eigenvalue weighted by Crippen LogP contribution is 2.27. The molecule has 2 aromatic carbocycles. The summed E-state index contributed by atoms with van der Waals surface area (Å²) in [4.78, 5) is 11.5. The molecule has 0 heterocycles. The molecule has 0 atom stereocenters. The molecular weight excluding hydrogens is 328 g/mol. The Labute approximate surface area is 132 Å². The summed E-state index contributed by atoms with van der Waals surface area (Å²) in [6, 6.07) is 10.9. The molecule has 6 nitrogen and oxygen atoms in total. The molecule has 0 bridgehead atoms. The smallest absolute Gasteiger partial charge is 0.250 e. The number of primary amides is 1. The van der Waals surface area contributed by atoms with Crippen molar-refractivity contribution in [3.05, 3.63) is 53.1 Å². The lowest BCUT2D eigenvalue weighted by Crippen LogP contribution is -2.17. The van der Waals surface area contributed by atoms with Gasteiger partial charge in [0.1, 0.15) is 11.5 Å². The van der Waals surface area contributed by atoms with Gasteiger partial charge in [0.2, 0.25) is 10.0 Å². The van der Waals surface area contributed by atoms with Gasteiger partial charge in [-0.15, -0.1) is 0 Å². The molecule has 8 heteroatoms. The number of halogens is 1. The molecule has 0 radical (unpaired) electrons.